The highest BCUT2D eigenvalue weighted by atomic mass is 16.5. The lowest BCUT2D eigenvalue weighted by molar-refractivity contribution is 0.415. The van der Waals surface area contributed by atoms with E-state index in [9.17, 15) is 4.79 Å². The number of nitrogens with zero attached hydrogens (tertiary/aromatic N) is 2. The first-order valence-corrected chi connectivity index (χ1v) is 8.00. The van der Waals surface area contributed by atoms with E-state index in [0.29, 0.717) is 34.0 Å². The summed E-state index contributed by atoms with van der Waals surface area (Å²) in [7, 11) is 1.60. The van der Waals surface area contributed by atoms with Crippen LogP contribution in [0.2, 0.25) is 0 Å². The van der Waals surface area contributed by atoms with Crippen LogP contribution < -0.4 is 15.5 Å². The summed E-state index contributed by atoms with van der Waals surface area (Å²) in [5.74, 6) is 1.56. The molecular weight excluding hydrogens is 330 g/mol. The van der Waals surface area contributed by atoms with E-state index in [-0.39, 0.29) is 5.43 Å². The summed E-state index contributed by atoms with van der Waals surface area (Å²) in [5.41, 5.74) is 1.59. The number of rotatable bonds is 4. The third-order valence-corrected chi connectivity index (χ3v) is 3.89. The van der Waals surface area contributed by atoms with E-state index in [2.05, 4.69) is 15.3 Å². The number of methoxy groups -OCH3 is 1. The van der Waals surface area contributed by atoms with Crippen molar-refractivity contribution in [2.45, 2.75) is 0 Å². The van der Waals surface area contributed by atoms with E-state index < -0.39 is 0 Å². The minimum absolute atomic E-state index is 0.150. The van der Waals surface area contributed by atoms with Crippen molar-refractivity contribution in [1.82, 2.24) is 9.97 Å². The minimum atomic E-state index is -0.150. The van der Waals surface area contributed by atoms with Crippen molar-refractivity contribution >= 4 is 22.5 Å². The largest absolute Gasteiger partial charge is 0.497 e. The van der Waals surface area contributed by atoms with Gasteiger partial charge in [-0.1, -0.05) is 12.1 Å². The molecule has 1 N–H and O–H groups in total. The smallest absolute Gasteiger partial charge is 0.193 e. The molecule has 26 heavy (non-hydrogen) atoms. The molecule has 6 nitrogen and oxygen atoms in total. The second-order valence-electron chi connectivity index (χ2n) is 5.58. The molecule has 4 aromatic rings. The summed E-state index contributed by atoms with van der Waals surface area (Å²) < 4.78 is 11.2. The maximum Gasteiger partial charge on any atom is 0.193 e. The predicted octanol–water partition coefficient (Wildman–Crippen LogP) is 4.00. The summed E-state index contributed by atoms with van der Waals surface area (Å²) in [4.78, 5) is 21.1. The van der Waals surface area contributed by atoms with Crippen LogP contribution >= 0.6 is 0 Å². The van der Waals surface area contributed by atoms with Gasteiger partial charge in [-0.3, -0.25) is 9.78 Å². The second kappa shape index (κ2) is 6.68. The van der Waals surface area contributed by atoms with E-state index in [4.69, 9.17) is 9.15 Å². The van der Waals surface area contributed by atoms with E-state index in [0.717, 1.165) is 5.69 Å². The fourth-order valence-corrected chi connectivity index (χ4v) is 2.64. The topological polar surface area (TPSA) is 77.2 Å². The molecule has 3 heterocycles. The Labute approximate surface area is 149 Å². The molecule has 0 unspecified atom stereocenters. The average Bonchev–Trinajstić information content (AvgIpc) is 2.69. The molecule has 128 valence electrons. The number of hydrogen-bond acceptors (Lipinski definition) is 6. The molecule has 0 radical (unpaired) electrons. The Morgan fingerprint density at radius 1 is 1.00 bits per heavy atom. The normalized spacial score (nSPS) is 10.7. The standard InChI is InChI=1S/C20H15N3O3/c1-25-14-6-4-5-13(11-14)23-20-19-15(8-10-22-20)17(24)12-18(26-19)16-7-2-3-9-21-16/h2-12H,1H3,(H,22,23). The van der Waals surface area contributed by atoms with Crippen LogP contribution in [-0.2, 0) is 0 Å². The molecule has 3 aromatic heterocycles. The molecular formula is C20H15N3O3. The number of anilines is 2. The van der Waals surface area contributed by atoms with Gasteiger partial charge in [0.2, 0.25) is 0 Å². The van der Waals surface area contributed by atoms with Crippen LogP contribution in [-0.4, -0.2) is 17.1 Å². The Morgan fingerprint density at radius 2 is 1.92 bits per heavy atom. The maximum atomic E-state index is 12.5. The van der Waals surface area contributed by atoms with Crippen LogP contribution in [0.5, 0.6) is 5.75 Å². The second-order valence-corrected chi connectivity index (χ2v) is 5.58. The first-order valence-electron chi connectivity index (χ1n) is 8.00. The Morgan fingerprint density at radius 3 is 2.73 bits per heavy atom. The number of aromatic nitrogens is 2. The Hall–Kier alpha value is -3.67. The van der Waals surface area contributed by atoms with Crippen molar-refractivity contribution in [3.05, 3.63) is 77.2 Å². The van der Waals surface area contributed by atoms with Gasteiger partial charge < -0.3 is 14.5 Å². The Kier molecular flexibility index (Phi) is 4.07. The van der Waals surface area contributed by atoms with Gasteiger partial charge >= 0.3 is 0 Å². The Bertz CT molecular complexity index is 1120. The number of nitrogens with one attached hydrogen (secondary N) is 1. The third kappa shape index (κ3) is 3.00. The molecule has 0 fully saturated rings. The monoisotopic (exact) mass is 345 g/mol. The fourth-order valence-electron chi connectivity index (χ4n) is 2.64. The zero-order valence-electron chi connectivity index (χ0n) is 14.0. The number of pyridine rings is 2. The molecule has 0 bridgehead atoms. The number of benzene rings is 1. The van der Waals surface area contributed by atoms with Gasteiger partial charge in [0.25, 0.3) is 0 Å². The summed E-state index contributed by atoms with van der Waals surface area (Å²) in [5, 5.41) is 3.63. The molecule has 0 aliphatic heterocycles. The van der Waals surface area contributed by atoms with Crippen molar-refractivity contribution < 1.29 is 9.15 Å². The molecule has 0 saturated carbocycles. The van der Waals surface area contributed by atoms with Crippen LogP contribution in [0.1, 0.15) is 0 Å². The van der Waals surface area contributed by atoms with Gasteiger partial charge in [-0.2, -0.15) is 0 Å². The zero-order chi connectivity index (χ0) is 17.9. The molecule has 0 saturated heterocycles. The van der Waals surface area contributed by atoms with Gasteiger partial charge in [-0.05, 0) is 30.3 Å². The number of fused-ring (bicyclic) bond motifs is 1. The minimum Gasteiger partial charge on any atom is -0.497 e. The summed E-state index contributed by atoms with van der Waals surface area (Å²) >= 11 is 0. The molecule has 0 atom stereocenters. The SMILES string of the molecule is COc1cccc(Nc2nccc3c(=O)cc(-c4ccccn4)oc23)c1. The van der Waals surface area contributed by atoms with Crippen LogP contribution in [0.4, 0.5) is 11.5 Å². The van der Waals surface area contributed by atoms with Crippen LogP contribution in [0.15, 0.2) is 76.2 Å². The number of hydrogen-bond donors (Lipinski definition) is 1. The van der Waals surface area contributed by atoms with E-state index in [1.807, 2.05) is 30.3 Å². The molecule has 1 aromatic carbocycles. The average molecular weight is 345 g/mol. The van der Waals surface area contributed by atoms with Crippen LogP contribution in [0.3, 0.4) is 0 Å². The summed E-state index contributed by atoms with van der Waals surface area (Å²) in [6, 6.07) is 15.9. The quantitative estimate of drug-likeness (QED) is 0.602. The van der Waals surface area contributed by atoms with Crippen molar-refractivity contribution in [3.8, 4) is 17.2 Å². The van der Waals surface area contributed by atoms with E-state index in [1.54, 1.807) is 37.7 Å². The lowest BCUT2D eigenvalue weighted by atomic mass is 10.2. The van der Waals surface area contributed by atoms with Gasteiger partial charge in [0, 0.05) is 30.2 Å². The molecule has 4 rings (SSSR count). The van der Waals surface area contributed by atoms with Gasteiger partial charge in [-0.15, -0.1) is 0 Å². The molecule has 0 spiro atoms. The fraction of sp³-hybridized carbons (Fsp3) is 0.0500. The molecule has 6 heteroatoms. The van der Waals surface area contributed by atoms with Crippen molar-refractivity contribution in [3.63, 3.8) is 0 Å². The highest BCUT2D eigenvalue weighted by molar-refractivity contribution is 5.88. The van der Waals surface area contributed by atoms with Crippen molar-refractivity contribution in [2.24, 2.45) is 0 Å². The first kappa shape index (κ1) is 15.8. The van der Waals surface area contributed by atoms with Crippen molar-refractivity contribution in [1.29, 1.82) is 0 Å². The molecule has 0 amide bonds. The zero-order valence-corrected chi connectivity index (χ0v) is 14.0. The van der Waals surface area contributed by atoms with Gasteiger partial charge in [0.1, 0.15) is 11.4 Å². The summed E-state index contributed by atoms with van der Waals surface area (Å²) in [6.07, 6.45) is 3.22. The predicted molar refractivity (Wildman–Crippen MR) is 99.8 cm³/mol. The van der Waals surface area contributed by atoms with Crippen LogP contribution in [0, 0.1) is 0 Å². The maximum absolute atomic E-state index is 12.5. The van der Waals surface area contributed by atoms with Gasteiger partial charge in [0.05, 0.1) is 12.5 Å². The lowest BCUT2D eigenvalue weighted by Crippen LogP contribution is -2.04. The molecule has 0 aliphatic carbocycles. The first-order chi connectivity index (χ1) is 12.7. The van der Waals surface area contributed by atoms with Crippen molar-refractivity contribution in [2.75, 3.05) is 12.4 Å². The highest BCUT2D eigenvalue weighted by Crippen LogP contribution is 2.27. The highest BCUT2D eigenvalue weighted by Gasteiger charge is 2.12. The van der Waals surface area contributed by atoms with Gasteiger partial charge in [0.15, 0.2) is 22.6 Å². The Balaban J connectivity index is 1.84. The van der Waals surface area contributed by atoms with E-state index in [1.165, 1.54) is 6.07 Å². The van der Waals surface area contributed by atoms with Crippen LogP contribution in [0.25, 0.3) is 22.4 Å². The van der Waals surface area contributed by atoms with E-state index >= 15 is 0 Å². The lowest BCUT2D eigenvalue weighted by Gasteiger charge is -2.10. The summed E-state index contributed by atoms with van der Waals surface area (Å²) in [6.45, 7) is 0. The van der Waals surface area contributed by atoms with Gasteiger partial charge in [-0.25, -0.2) is 4.98 Å². The third-order valence-electron chi connectivity index (χ3n) is 3.89. The molecule has 0 aliphatic rings. The number of ether oxygens (including phenoxy) is 1.